The first-order valence-corrected chi connectivity index (χ1v) is 8.61. The van der Waals surface area contributed by atoms with Crippen molar-refractivity contribution in [3.8, 4) is 0 Å². The molecule has 0 heterocycles. The quantitative estimate of drug-likeness (QED) is 0.506. The molecule has 0 aromatic heterocycles. The van der Waals surface area contributed by atoms with Gasteiger partial charge in [-0.25, -0.2) is 0 Å². The summed E-state index contributed by atoms with van der Waals surface area (Å²) >= 11 is 0. The fraction of sp³-hybridized carbons (Fsp3) is 0.778. The number of ether oxygens (including phenoxy) is 2. The largest absolute Gasteiger partial charge is 0.504 e. The summed E-state index contributed by atoms with van der Waals surface area (Å²) in [6.45, 7) is 2.18. The van der Waals surface area contributed by atoms with Crippen LogP contribution in [0.2, 0.25) is 0 Å². The lowest BCUT2D eigenvalue weighted by Crippen LogP contribution is -2.30. The zero-order valence-electron chi connectivity index (χ0n) is 14.7. The highest BCUT2D eigenvalue weighted by Crippen LogP contribution is 2.36. The number of aliphatic hydroxyl groups is 3. The maximum absolute atomic E-state index is 10.4. The fourth-order valence-electron chi connectivity index (χ4n) is 3.10. The van der Waals surface area contributed by atoms with Gasteiger partial charge < -0.3 is 24.8 Å². The lowest BCUT2D eigenvalue weighted by Gasteiger charge is -2.30. The summed E-state index contributed by atoms with van der Waals surface area (Å²) in [4.78, 5) is 0. The Labute approximate surface area is 139 Å². The van der Waals surface area contributed by atoms with Crippen molar-refractivity contribution in [1.82, 2.24) is 0 Å². The normalized spacial score (nSPS) is 21.8. The number of hydrogen-bond donors (Lipinski definition) is 3. The van der Waals surface area contributed by atoms with Crippen LogP contribution in [-0.2, 0) is 9.47 Å². The van der Waals surface area contributed by atoms with Gasteiger partial charge in [-0.1, -0.05) is 39.0 Å². The van der Waals surface area contributed by atoms with Crippen LogP contribution in [0.1, 0.15) is 58.3 Å². The maximum atomic E-state index is 10.4. The molecule has 0 amide bonds. The minimum Gasteiger partial charge on any atom is -0.504 e. The van der Waals surface area contributed by atoms with Crippen LogP contribution in [0.5, 0.6) is 0 Å². The molecule has 5 heteroatoms. The molecule has 5 nitrogen and oxygen atoms in total. The zero-order chi connectivity index (χ0) is 17.2. The van der Waals surface area contributed by atoms with Crippen molar-refractivity contribution in [2.75, 3.05) is 20.8 Å². The maximum Gasteiger partial charge on any atom is 0.201 e. The average Bonchev–Trinajstić information content (AvgIpc) is 2.55. The molecule has 134 valence electrons. The number of rotatable bonds is 11. The summed E-state index contributed by atoms with van der Waals surface area (Å²) in [6.07, 6.45) is 7.55. The highest BCUT2D eigenvalue weighted by Gasteiger charge is 2.35. The molecule has 3 N–H and O–H groups in total. The van der Waals surface area contributed by atoms with Gasteiger partial charge in [0.1, 0.15) is 6.10 Å². The van der Waals surface area contributed by atoms with Gasteiger partial charge in [0, 0.05) is 12.5 Å². The first-order valence-electron chi connectivity index (χ1n) is 8.61. The fourth-order valence-corrected chi connectivity index (χ4v) is 3.10. The Morgan fingerprint density at radius 1 is 0.913 bits per heavy atom. The highest BCUT2D eigenvalue weighted by atomic mass is 16.5. The van der Waals surface area contributed by atoms with Crippen LogP contribution in [0.4, 0.5) is 0 Å². The van der Waals surface area contributed by atoms with E-state index < -0.39 is 6.10 Å². The van der Waals surface area contributed by atoms with E-state index in [0.29, 0.717) is 5.76 Å². The van der Waals surface area contributed by atoms with E-state index in [9.17, 15) is 10.2 Å². The minimum absolute atomic E-state index is 0.116. The van der Waals surface area contributed by atoms with Crippen LogP contribution in [0, 0.1) is 5.92 Å². The first kappa shape index (κ1) is 19.8. The monoisotopic (exact) mass is 328 g/mol. The van der Waals surface area contributed by atoms with Gasteiger partial charge in [0.25, 0.3) is 0 Å². The molecule has 1 aliphatic carbocycles. The van der Waals surface area contributed by atoms with Gasteiger partial charge in [0.15, 0.2) is 11.5 Å². The van der Waals surface area contributed by atoms with Crippen molar-refractivity contribution < 1.29 is 24.8 Å². The van der Waals surface area contributed by atoms with E-state index in [4.69, 9.17) is 14.6 Å². The van der Waals surface area contributed by atoms with E-state index in [2.05, 4.69) is 0 Å². The average molecular weight is 328 g/mol. The Hall–Kier alpha value is -1.20. The van der Waals surface area contributed by atoms with Crippen LogP contribution in [0.15, 0.2) is 22.9 Å². The summed E-state index contributed by atoms with van der Waals surface area (Å²) in [5, 5.41) is 29.5. The molecule has 23 heavy (non-hydrogen) atoms. The summed E-state index contributed by atoms with van der Waals surface area (Å²) in [5.74, 6) is 0.487. The third-order valence-corrected chi connectivity index (χ3v) is 4.56. The highest BCUT2D eigenvalue weighted by molar-refractivity contribution is 5.36. The third kappa shape index (κ3) is 5.43. The topological polar surface area (TPSA) is 79.2 Å². The molecule has 0 aromatic rings. The smallest absolute Gasteiger partial charge is 0.201 e. The molecule has 0 spiro atoms. The molecule has 2 atom stereocenters. The SMILES string of the molecule is COC1=C(OC)C(O)C(C)C(CCCCCCCCCO)=C1O. The lowest BCUT2D eigenvalue weighted by atomic mass is 9.84. The van der Waals surface area contributed by atoms with Gasteiger partial charge in [-0.3, -0.25) is 0 Å². The van der Waals surface area contributed by atoms with E-state index in [1.54, 1.807) is 0 Å². The van der Waals surface area contributed by atoms with E-state index in [1.165, 1.54) is 20.6 Å². The standard InChI is InChI=1S/C18H32O5/c1-13-14(11-9-7-5-4-6-8-10-12-19)16(21)18(23-3)17(22-2)15(13)20/h13,15,19-21H,4-12H2,1-3H3. The summed E-state index contributed by atoms with van der Waals surface area (Å²) < 4.78 is 10.4. The van der Waals surface area contributed by atoms with Crippen LogP contribution in [0.25, 0.3) is 0 Å². The molecular formula is C18H32O5. The van der Waals surface area contributed by atoms with Crippen LogP contribution in [0.3, 0.4) is 0 Å². The van der Waals surface area contributed by atoms with Gasteiger partial charge in [0.2, 0.25) is 5.76 Å². The molecule has 2 unspecified atom stereocenters. The number of aliphatic hydroxyl groups excluding tert-OH is 3. The molecule has 0 bridgehead atoms. The van der Waals surface area contributed by atoms with Crippen molar-refractivity contribution in [1.29, 1.82) is 0 Å². The molecule has 0 fully saturated rings. The molecule has 1 aliphatic rings. The Morgan fingerprint density at radius 2 is 1.48 bits per heavy atom. The first-order chi connectivity index (χ1) is 11.1. The Balaban J connectivity index is 2.50. The number of unbranched alkanes of at least 4 members (excludes halogenated alkanes) is 6. The molecule has 0 aromatic carbocycles. The van der Waals surface area contributed by atoms with E-state index in [-0.39, 0.29) is 24.0 Å². The second-order valence-corrected chi connectivity index (χ2v) is 6.16. The minimum atomic E-state index is -0.778. The van der Waals surface area contributed by atoms with Crippen molar-refractivity contribution >= 4 is 0 Å². The second kappa shape index (κ2) is 10.6. The Morgan fingerprint density at radius 3 is 2.00 bits per heavy atom. The lowest BCUT2D eigenvalue weighted by molar-refractivity contribution is 0.0680. The van der Waals surface area contributed by atoms with Crippen molar-refractivity contribution in [3.63, 3.8) is 0 Å². The van der Waals surface area contributed by atoms with E-state index in [0.717, 1.165) is 50.5 Å². The molecule has 0 aliphatic heterocycles. The summed E-state index contributed by atoms with van der Waals surface area (Å²) in [5.41, 5.74) is 0.843. The van der Waals surface area contributed by atoms with Crippen LogP contribution in [-0.4, -0.2) is 42.3 Å². The summed E-state index contributed by atoms with van der Waals surface area (Å²) in [7, 11) is 2.94. The zero-order valence-corrected chi connectivity index (χ0v) is 14.7. The van der Waals surface area contributed by atoms with E-state index in [1.807, 2.05) is 6.92 Å². The molecular weight excluding hydrogens is 296 g/mol. The Bertz CT molecular complexity index is 414. The van der Waals surface area contributed by atoms with Gasteiger partial charge in [-0.15, -0.1) is 0 Å². The van der Waals surface area contributed by atoms with Gasteiger partial charge in [-0.2, -0.15) is 0 Å². The van der Waals surface area contributed by atoms with E-state index >= 15 is 0 Å². The second-order valence-electron chi connectivity index (χ2n) is 6.16. The molecule has 1 rings (SSSR count). The van der Waals surface area contributed by atoms with Crippen molar-refractivity contribution in [2.24, 2.45) is 5.92 Å². The number of hydrogen-bond acceptors (Lipinski definition) is 5. The van der Waals surface area contributed by atoms with Crippen molar-refractivity contribution in [2.45, 2.75) is 64.4 Å². The summed E-state index contributed by atoms with van der Waals surface area (Å²) in [6, 6.07) is 0. The molecule has 0 saturated carbocycles. The Kier molecular flexibility index (Phi) is 9.10. The third-order valence-electron chi connectivity index (χ3n) is 4.56. The van der Waals surface area contributed by atoms with Crippen LogP contribution < -0.4 is 0 Å². The van der Waals surface area contributed by atoms with Gasteiger partial charge in [-0.05, 0) is 24.8 Å². The number of methoxy groups -OCH3 is 2. The van der Waals surface area contributed by atoms with Crippen LogP contribution >= 0.6 is 0 Å². The predicted molar refractivity (Wildman–Crippen MR) is 89.9 cm³/mol. The molecule has 0 radical (unpaired) electrons. The van der Waals surface area contributed by atoms with Gasteiger partial charge in [0.05, 0.1) is 14.2 Å². The predicted octanol–water partition coefficient (Wildman–Crippen LogP) is 3.43. The van der Waals surface area contributed by atoms with Gasteiger partial charge >= 0.3 is 0 Å². The molecule has 0 saturated heterocycles. The van der Waals surface area contributed by atoms with Crippen molar-refractivity contribution in [3.05, 3.63) is 22.9 Å².